The van der Waals surface area contributed by atoms with Crippen molar-refractivity contribution in [3.8, 4) is 11.4 Å². The summed E-state index contributed by atoms with van der Waals surface area (Å²) >= 11 is 6.18. The number of benzene rings is 3. The molecule has 0 unspecified atom stereocenters. The van der Waals surface area contributed by atoms with E-state index < -0.39 is 14.4 Å². The minimum Gasteiger partial charge on any atom is -0.497 e. The summed E-state index contributed by atoms with van der Waals surface area (Å²) in [7, 11) is -0.774. The number of rotatable bonds is 14. The molecule has 0 bridgehead atoms. The fourth-order valence-corrected chi connectivity index (χ4v) is 6.09. The Kier molecular flexibility index (Phi) is 11.3. The van der Waals surface area contributed by atoms with Gasteiger partial charge in [-0.05, 0) is 81.0 Å². The van der Waals surface area contributed by atoms with Crippen molar-refractivity contribution in [3.63, 3.8) is 0 Å². The Hall–Kier alpha value is -4.85. The van der Waals surface area contributed by atoms with Crippen molar-refractivity contribution in [2.45, 2.75) is 45.3 Å². The van der Waals surface area contributed by atoms with Gasteiger partial charge >= 0.3 is 0 Å². The number of carbonyl (C=O) groups excluding carboxylic acids is 3. The van der Waals surface area contributed by atoms with Crippen LogP contribution >= 0.6 is 11.6 Å². The lowest BCUT2D eigenvalue weighted by atomic mass is 10.00. The van der Waals surface area contributed by atoms with Crippen molar-refractivity contribution in [2.24, 2.45) is 4.99 Å². The van der Waals surface area contributed by atoms with Crippen molar-refractivity contribution in [2.75, 3.05) is 31.7 Å². The van der Waals surface area contributed by atoms with Crippen LogP contribution in [0.1, 0.15) is 58.4 Å². The maximum Gasteiger partial charge on any atom is 0.251 e. The van der Waals surface area contributed by atoms with Gasteiger partial charge in [0.15, 0.2) is 11.6 Å². The largest absolute Gasteiger partial charge is 0.497 e. The number of halogens is 1. The highest BCUT2D eigenvalue weighted by molar-refractivity contribution is 6.70. The molecule has 2 amide bonds. The molecule has 49 heavy (non-hydrogen) atoms. The Bertz CT molecular complexity index is 1850. The van der Waals surface area contributed by atoms with Crippen LogP contribution in [-0.4, -0.2) is 77.6 Å². The van der Waals surface area contributed by atoms with Gasteiger partial charge in [-0.15, -0.1) is 10.2 Å². The molecule has 14 heteroatoms. The molecule has 1 aliphatic heterocycles. The van der Waals surface area contributed by atoms with Crippen molar-refractivity contribution in [1.82, 2.24) is 25.4 Å². The van der Waals surface area contributed by atoms with Crippen LogP contribution in [0.15, 0.2) is 71.7 Å². The third-order valence-electron chi connectivity index (χ3n) is 7.90. The molecule has 0 fully saturated rings. The van der Waals surface area contributed by atoms with Gasteiger partial charge in [-0.2, -0.15) is 0 Å². The predicted octanol–water partition coefficient (Wildman–Crippen LogP) is 4.56. The summed E-state index contributed by atoms with van der Waals surface area (Å²) < 4.78 is 7.42. The van der Waals surface area contributed by atoms with Gasteiger partial charge in [0.25, 0.3) is 5.91 Å². The lowest BCUT2D eigenvalue weighted by Gasteiger charge is -2.15. The first-order valence-corrected chi connectivity index (χ1v) is 19.5. The number of hydrogen-bond acceptors (Lipinski definition) is 9. The van der Waals surface area contributed by atoms with Gasteiger partial charge in [-0.25, -0.2) is 0 Å². The lowest BCUT2D eigenvalue weighted by Crippen LogP contribution is -2.42. The summed E-state index contributed by atoms with van der Waals surface area (Å²) in [5, 5.41) is 18.1. The molecule has 1 aliphatic rings. The minimum absolute atomic E-state index is 0.0388. The van der Waals surface area contributed by atoms with Gasteiger partial charge in [-0.3, -0.25) is 23.9 Å². The van der Waals surface area contributed by atoms with E-state index in [2.05, 4.69) is 26.1 Å². The average molecular weight is 702 g/mol. The Labute approximate surface area is 291 Å². The van der Waals surface area contributed by atoms with Crippen molar-refractivity contribution in [1.29, 1.82) is 0 Å². The van der Waals surface area contributed by atoms with E-state index in [1.165, 1.54) is 0 Å². The highest BCUT2D eigenvalue weighted by Crippen LogP contribution is 2.34. The van der Waals surface area contributed by atoms with Crippen molar-refractivity contribution in [3.05, 3.63) is 100 Å². The number of amides is 2. The summed E-state index contributed by atoms with van der Waals surface area (Å²) in [6.07, 6.45) is 1.09. The van der Waals surface area contributed by atoms with Crippen LogP contribution in [0.5, 0.6) is 5.75 Å². The van der Waals surface area contributed by atoms with Gasteiger partial charge < -0.3 is 25.5 Å². The number of hydrogen-bond donors (Lipinski definition) is 4. The number of methoxy groups -OCH3 is 1. The fraction of sp³-hybridized carbons (Fsp3) is 0.314. The molecule has 5 rings (SSSR count). The van der Waals surface area contributed by atoms with E-state index >= 15 is 0 Å². The molecule has 0 radical (unpaired) electrons. The van der Waals surface area contributed by atoms with Gasteiger partial charge in [-0.1, -0.05) is 23.7 Å². The maximum atomic E-state index is 13.2. The van der Waals surface area contributed by atoms with Crippen LogP contribution in [-0.2, 0) is 9.59 Å². The zero-order chi connectivity index (χ0) is 35.1. The van der Waals surface area contributed by atoms with Gasteiger partial charge in [0.05, 0.1) is 31.5 Å². The number of ether oxygens (including phenoxy) is 1. The van der Waals surface area contributed by atoms with Crippen molar-refractivity contribution >= 4 is 48.9 Å². The normalized spacial score (nSPS) is 13.8. The molecular weight excluding hydrogens is 662 g/mol. The molecule has 4 aromatic rings. The number of aliphatic imine (C=N–C) groups is 1. The average Bonchev–Trinajstić information content (AvgIpc) is 3.41. The fourth-order valence-electron chi connectivity index (χ4n) is 5.37. The summed E-state index contributed by atoms with van der Waals surface area (Å²) in [4.78, 5) is 53.1. The van der Waals surface area contributed by atoms with E-state index in [1.807, 2.05) is 41.8 Å². The topological polar surface area (TPSA) is 160 Å². The first-order chi connectivity index (χ1) is 23.4. The molecule has 0 saturated heterocycles. The Morgan fingerprint density at radius 2 is 1.73 bits per heavy atom. The number of anilines is 1. The number of ketones is 1. The van der Waals surface area contributed by atoms with Crippen LogP contribution < -0.4 is 20.7 Å². The third-order valence-corrected chi connectivity index (χ3v) is 9.20. The monoisotopic (exact) mass is 701 g/mol. The van der Waals surface area contributed by atoms with E-state index in [1.54, 1.807) is 56.6 Å². The zero-order valence-electron chi connectivity index (χ0n) is 27.9. The second kappa shape index (κ2) is 15.6. The van der Waals surface area contributed by atoms with Gasteiger partial charge in [0, 0.05) is 46.5 Å². The lowest BCUT2D eigenvalue weighted by molar-refractivity contribution is -0.125. The number of aromatic nitrogens is 3. The van der Waals surface area contributed by atoms with Crippen LogP contribution in [0.25, 0.3) is 5.69 Å². The summed E-state index contributed by atoms with van der Waals surface area (Å²) in [5.74, 6) is 1.16. The first-order valence-electron chi connectivity index (χ1n) is 16.0. The van der Waals surface area contributed by atoms with E-state index in [0.717, 1.165) is 22.5 Å². The molecule has 2 heterocycles. The zero-order valence-corrected chi connectivity index (χ0v) is 29.7. The number of aryl methyl sites for hydroxylation is 1. The van der Waals surface area contributed by atoms with E-state index in [-0.39, 0.29) is 43.2 Å². The first kappa shape index (κ1) is 35.5. The Balaban J connectivity index is 1.18. The standard InChI is InChI=1S/C35H40ClN7O5Si/c1-22-41-42-34-30(40-33(23-7-11-25(36)12-8-23)29-18-28(48-2)15-16-31(29)43(22)34)19-32(45)38-20-27(44)6-5-17-37-26-13-9-24(10-14-26)35(46)39-21-49(3,4)47/h7-16,18,30,37,47H,5-6,17,19-21H2,1-4H3,(H,38,45)(H,39,46)/t30-/m0/s1. The van der Waals surface area contributed by atoms with Crippen LogP contribution in [0.3, 0.4) is 0 Å². The highest BCUT2D eigenvalue weighted by atomic mass is 35.5. The van der Waals surface area contributed by atoms with Gasteiger partial charge in [0.1, 0.15) is 17.6 Å². The maximum absolute atomic E-state index is 13.2. The van der Waals surface area contributed by atoms with E-state index in [4.69, 9.17) is 21.3 Å². The SMILES string of the molecule is COc1ccc2c(c1)C(c1ccc(Cl)cc1)=N[C@@H](CC(=O)NCC(=O)CCCNc1ccc(C(=O)NC[Si](C)(C)O)cc1)c1nnc(C)n1-2. The highest BCUT2D eigenvalue weighted by Gasteiger charge is 2.30. The second-order valence-corrected chi connectivity index (χ2v) is 16.9. The minimum atomic E-state index is -2.37. The van der Waals surface area contributed by atoms with Crippen LogP contribution in [0.4, 0.5) is 5.69 Å². The molecule has 3 aromatic carbocycles. The molecular formula is C35H40ClN7O5Si. The Morgan fingerprint density at radius 3 is 2.43 bits per heavy atom. The summed E-state index contributed by atoms with van der Waals surface area (Å²) in [6.45, 7) is 5.81. The molecule has 4 N–H and O–H groups in total. The van der Waals surface area contributed by atoms with Gasteiger partial charge in [0.2, 0.25) is 14.2 Å². The van der Waals surface area contributed by atoms with Crippen LogP contribution in [0, 0.1) is 6.92 Å². The van der Waals surface area contributed by atoms with Crippen LogP contribution in [0.2, 0.25) is 18.1 Å². The number of carbonyl (C=O) groups is 3. The quantitative estimate of drug-likeness (QED) is 0.110. The molecule has 0 saturated carbocycles. The third kappa shape index (κ3) is 9.19. The number of Topliss-reactive ketones (excluding diaryl/α,β-unsaturated/α-hetero) is 1. The number of fused-ring (bicyclic) bond motifs is 3. The van der Waals surface area contributed by atoms with E-state index in [9.17, 15) is 19.2 Å². The van der Waals surface area contributed by atoms with Crippen molar-refractivity contribution < 1.29 is 23.9 Å². The molecule has 256 valence electrons. The van der Waals surface area contributed by atoms with E-state index in [0.29, 0.717) is 46.7 Å². The molecule has 12 nitrogen and oxygen atoms in total. The molecule has 0 spiro atoms. The molecule has 1 aromatic heterocycles. The Morgan fingerprint density at radius 1 is 1.00 bits per heavy atom. The summed E-state index contributed by atoms with van der Waals surface area (Å²) in [6, 6.07) is 19.4. The molecule has 1 atom stereocenters. The number of nitrogens with zero attached hydrogens (tertiary/aromatic N) is 4. The predicted molar refractivity (Wildman–Crippen MR) is 191 cm³/mol. The molecule has 0 aliphatic carbocycles. The summed E-state index contributed by atoms with van der Waals surface area (Å²) in [5.41, 5.74) is 4.40. The second-order valence-electron chi connectivity index (χ2n) is 12.4. The smallest absolute Gasteiger partial charge is 0.251 e. The number of nitrogens with one attached hydrogen (secondary N) is 3.